The molecule has 11 heavy (non-hydrogen) atoms. The Bertz CT molecular complexity index is 265. The second kappa shape index (κ2) is 2.74. The zero-order valence-electron chi connectivity index (χ0n) is 6.12. The van der Waals surface area contributed by atoms with E-state index in [0.717, 1.165) is 23.6 Å². The first-order valence-corrected chi connectivity index (χ1v) is 4.66. The Balaban J connectivity index is 2.05. The van der Waals surface area contributed by atoms with Gasteiger partial charge in [-0.15, -0.1) is 11.3 Å². The molecule has 1 aromatic rings. The van der Waals surface area contributed by atoms with Gasteiger partial charge in [-0.3, -0.25) is 4.79 Å². The highest BCUT2D eigenvalue weighted by Crippen LogP contribution is 2.33. The number of nitrogens with zero attached hydrogens (tertiary/aromatic N) is 1. The van der Waals surface area contributed by atoms with Gasteiger partial charge in [0, 0.05) is 11.8 Å². The molecule has 58 valence electrons. The molecule has 1 aliphatic rings. The summed E-state index contributed by atoms with van der Waals surface area (Å²) in [5, 5.41) is 2.94. The van der Waals surface area contributed by atoms with Crippen molar-refractivity contribution in [3.63, 3.8) is 0 Å². The van der Waals surface area contributed by atoms with Gasteiger partial charge in [0.2, 0.25) is 0 Å². The van der Waals surface area contributed by atoms with Gasteiger partial charge < -0.3 is 0 Å². The smallest absolute Gasteiger partial charge is 0.169 e. The van der Waals surface area contributed by atoms with Crippen molar-refractivity contribution in [2.75, 3.05) is 0 Å². The Hall–Kier alpha value is -0.700. The van der Waals surface area contributed by atoms with Crippen LogP contribution in [-0.4, -0.2) is 11.3 Å². The first kappa shape index (κ1) is 6.98. The lowest BCUT2D eigenvalue weighted by molar-refractivity contribution is 0.111. The van der Waals surface area contributed by atoms with E-state index in [-0.39, 0.29) is 0 Å². The van der Waals surface area contributed by atoms with Crippen LogP contribution in [-0.2, 0) is 6.42 Å². The van der Waals surface area contributed by atoms with E-state index in [1.165, 1.54) is 12.8 Å². The number of hydrogen-bond acceptors (Lipinski definition) is 3. The fourth-order valence-electron chi connectivity index (χ4n) is 1.04. The molecular formula is C8H9NOS. The van der Waals surface area contributed by atoms with Gasteiger partial charge in [-0.05, 0) is 18.8 Å². The van der Waals surface area contributed by atoms with Crippen molar-refractivity contribution in [1.82, 2.24) is 4.98 Å². The summed E-state index contributed by atoms with van der Waals surface area (Å²) < 4.78 is 0. The van der Waals surface area contributed by atoms with Crippen molar-refractivity contribution in [1.29, 1.82) is 0 Å². The van der Waals surface area contributed by atoms with Crippen molar-refractivity contribution >= 4 is 17.6 Å². The van der Waals surface area contributed by atoms with Crippen LogP contribution in [0.1, 0.15) is 28.3 Å². The van der Waals surface area contributed by atoms with Crippen molar-refractivity contribution in [2.45, 2.75) is 19.3 Å². The minimum atomic E-state index is 0.589. The van der Waals surface area contributed by atoms with E-state index in [1.807, 2.05) is 5.38 Å². The average molecular weight is 167 g/mol. The van der Waals surface area contributed by atoms with Crippen LogP contribution in [0.15, 0.2) is 5.38 Å². The Morgan fingerprint density at radius 2 is 2.55 bits per heavy atom. The summed E-state index contributed by atoms with van der Waals surface area (Å²) in [6.45, 7) is 0. The van der Waals surface area contributed by atoms with E-state index >= 15 is 0 Å². The number of hydrogen-bond donors (Lipinski definition) is 0. The molecule has 0 N–H and O–H groups in total. The van der Waals surface area contributed by atoms with E-state index in [2.05, 4.69) is 4.98 Å². The van der Waals surface area contributed by atoms with E-state index in [9.17, 15) is 4.79 Å². The summed E-state index contributed by atoms with van der Waals surface area (Å²) in [5.41, 5.74) is 0.589. The lowest BCUT2D eigenvalue weighted by atomic mass is 10.3. The monoisotopic (exact) mass is 167 g/mol. The molecule has 0 radical (unpaired) electrons. The van der Waals surface area contributed by atoms with Crippen LogP contribution in [0.4, 0.5) is 0 Å². The van der Waals surface area contributed by atoms with Crippen molar-refractivity contribution in [3.8, 4) is 0 Å². The van der Waals surface area contributed by atoms with Gasteiger partial charge in [-0.1, -0.05) is 0 Å². The number of carbonyl (C=O) groups is 1. The molecule has 2 nitrogen and oxygen atoms in total. The van der Waals surface area contributed by atoms with Gasteiger partial charge >= 0.3 is 0 Å². The van der Waals surface area contributed by atoms with Gasteiger partial charge in [-0.2, -0.15) is 0 Å². The normalized spacial score (nSPS) is 16.7. The molecule has 0 spiro atoms. The molecule has 0 atom stereocenters. The Morgan fingerprint density at radius 3 is 3.09 bits per heavy atom. The van der Waals surface area contributed by atoms with Gasteiger partial charge in [0.05, 0.1) is 5.01 Å². The molecule has 0 unspecified atom stereocenters. The highest BCUT2D eigenvalue weighted by Gasteiger charge is 2.22. The molecule has 1 fully saturated rings. The van der Waals surface area contributed by atoms with Gasteiger partial charge in [0.1, 0.15) is 5.69 Å². The summed E-state index contributed by atoms with van der Waals surface area (Å²) in [6.07, 6.45) is 4.58. The molecule has 0 aromatic carbocycles. The van der Waals surface area contributed by atoms with Gasteiger partial charge in [0.15, 0.2) is 6.29 Å². The standard InChI is InChI=1S/C8H9NOS/c10-4-7-5-11-8(9-7)3-6-1-2-6/h4-6H,1-3H2. The average Bonchev–Trinajstić information content (AvgIpc) is 2.68. The van der Waals surface area contributed by atoms with Crippen LogP contribution >= 0.6 is 11.3 Å². The summed E-state index contributed by atoms with van der Waals surface area (Å²) in [6, 6.07) is 0. The summed E-state index contributed by atoms with van der Waals surface area (Å²) >= 11 is 1.60. The molecule has 2 rings (SSSR count). The third-order valence-electron chi connectivity index (χ3n) is 1.85. The largest absolute Gasteiger partial charge is 0.296 e. The molecule has 3 heteroatoms. The second-order valence-corrected chi connectivity index (χ2v) is 3.87. The predicted molar refractivity (Wildman–Crippen MR) is 43.9 cm³/mol. The molecule has 0 bridgehead atoms. The summed E-state index contributed by atoms with van der Waals surface area (Å²) in [5.74, 6) is 0.862. The molecule has 1 heterocycles. The quantitative estimate of drug-likeness (QED) is 0.644. The SMILES string of the molecule is O=Cc1csc(CC2CC2)n1. The van der Waals surface area contributed by atoms with Crippen LogP contribution in [0.5, 0.6) is 0 Å². The van der Waals surface area contributed by atoms with Crippen molar-refractivity contribution < 1.29 is 4.79 Å². The predicted octanol–water partition coefficient (Wildman–Crippen LogP) is 1.91. The van der Waals surface area contributed by atoms with Crippen molar-refractivity contribution in [2.24, 2.45) is 5.92 Å². The van der Waals surface area contributed by atoms with Crippen LogP contribution in [0.2, 0.25) is 0 Å². The van der Waals surface area contributed by atoms with E-state index in [0.29, 0.717) is 5.69 Å². The number of rotatable bonds is 3. The van der Waals surface area contributed by atoms with E-state index in [4.69, 9.17) is 0 Å². The minimum Gasteiger partial charge on any atom is -0.296 e. The number of aromatic nitrogens is 1. The van der Waals surface area contributed by atoms with Crippen LogP contribution < -0.4 is 0 Å². The number of thiazole rings is 1. The topological polar surface area (TPSA) is 30.0 Å². The molecule has 0 aliphatic heterocycles. The Kier molecular flexibility index (Phi) is 1.74. The third-order valence-corrected chi connectivity index (χ3v) is 2.74. The van der Waals surface area contributed by atoms with Gasteiger partial charge in [0.25, 0.3) is 0 Å². The minimum absolute atomic E-state index is 0.589. The first-order valence-electron chi connectivity index (χ1n) is 3.78. The Labute approximate surface area is 69.3 Å². The van der Waals surface area contributed by atoms with E-state index < -0.39 is 0 Å². The highest BCUT2D eigenvalue weighted by atomic mass is 32.1. The molecule has 1 aliphatic carbocycles. The third kappa shape index (κ3) is 1.66. The maximum absolute atomic E-state index is 10.3. The molecule has 1 saturated carbocycles. The number of carbonyl (C=O) groups excluding carboxylic acids is 1. The maximum Gasteiger partial charge on any atom is 0.169 e. The maximum atomic E-state index is 10.3. The lowest BCUT2D eigenvalue weighted by Gasteiger charge is -1.87. The lowest BCUT2D eigenvalue weighted by Crippen LogP contribution is -1.86. The number of aldehydes is 1. The first-order chi connectivity index (χ1) is 5.38. The highest BCUT2D eigenvalue weighted by molar-refractivity contribution is 7.09. The van der Waals surface area contributed by atoms with Gasteiger partial charge in [-0.25, -0.2) is 4.98 Å². The summed E-state index contributed by atoms with van der Waals surface area (Å²) in [4.78, 5) is 14.4. The second-order valence-electron chi connectivity index (χ2n) is 2.93. The fourth-order valence-corrected chi connectivity index (χ4v) is 1.90. The zero-order valence-corrected chi connectivity index (χ0v) is 6.93. The van der Waals surface area contributed by atoms with Crippen molar-refractivity contribution in [3.05, 3.63) is 16.1 Å². The van der Waals surface area contributed by atoms with Crippen LogP contribution in [0.3, 0.4) is 0 Å². The van der Waals surface area contributed by atoms with E-state index in [1.54, 1.807) is 11.3 Å². The molecule has 0 saturated heterocycles. The molecule has 1 aromatic heterocycles. The Morgan fingerprint density at radius 1 is 1.73 bits per heavy atom. The van der Waals surface area contributed by atoms with Crippen LogP contribution in [0.25, 0.3) is 0 Å². The van der Waals surface area contributed by atoms with Crippen LogP contribution in [0, 0.1) is 5.92 Å². The fraction of sp³-hybridized carbons (Fsp3) is 0.500. The molecular weight excluding hydrogens is 158 g/mol. The molecule has 0 amide bonds. The summed E-state index contributed by atoms with van der Waals surface area (Å²) in [7, 11) is 0. The zero-order chi connectivity index (χ0) is 7.68.